The van der Waals surface area contributed by atoms with E-state index >= 15 is 0 Å². The number of hydrogen-bond donors (Lipinski definition) is 1. The summed E-state index contributed by atoms with van der Waals surface area (Å²) in [7, 11) is 1.71. The highest BCUT2D eigenvalue weighted by atomic mass is 16.5. The first-order valence-electron chi connectivity index (χ1n) is 8.99. The molecular formula is C20H29N5O. The third-order valence-electron chi connectivity index (χ3n) is 4.29. The minimum Gasteiger partial charge on any atom is -0.496 e. The molecule has 0 saturated heterocycles. The molecule has 0 spiro atoms. The molecule has 0 aliphatic carbocycles. The number of aromatic nitrogens is 2. The van der Waals surface area contributed by atoms with Crippen molar-refractivity contribution in [1.82, 2.24) is 14.9 Å². The van der Waals surface area contributed by atoms with Gasteiger partial charge in [-0.05, 0) is 63.7 Å². The van der Waals surface area contributed by atoms with Crippen molar-refractivity contribution in [3.8, 4) is 5.75 Å². The van der Waals surface area contributed by atoms with Gasteiger partial charge in [0, 0.05) is 23.5 Å². The second-order valence-corrected chi connectivity index (χ2v) is 6.27. The lowest BCUT2D eigenvalue weighted by Crippen LogP contribution is -2.22. The highest BCUT2D eigenvalue weighted by Gasteiger charge is 2.10. The SMILES string of the molecule is CCN(CC)Cc1cc(/C(C)=N\Nc2nc(C)cc(C)n2)ccc1OC. The fraction of sp³-hybridized carbons (Fsp3) is 0.450. The van der Waals surface area contributed by atoms with Gasteiger partial charge in [0.25, 0.3) is 0 Å². The molecule has 0 saturated carbocycles. The van der Waals surface area contributed by atoms with E-state index in [1.54, 1.807) is 7.11 Å². The van der Waals surface area contributed by atoms with Crippen LogP contribution in [0.25, 0.3) is 0 Å². The van der Waals surface area contributed by atoms with Gasteiger partial charge in [0.1, 0.15) is 5.75 Å². The number of anilines is 1. The number of rotatable bonds is 8. The molecular weight excluding hydrogens is 326 g/mol. The van der Waals surface area contributed by atoms with E-state index in [0.717, 1.165) is 53.6 Å². The Labute approximate surface area is 156 Å². The molecule has 1 N–H and O–H groups in total. The zero-order valence-corrected chi connectivity index (χ0v) is 16.6. The molecule has 0 fully saturated rings. The summed E-state index contributed by atoms with van der Waals surface area (Å²) in [6.45, 7) is 13.0. The van der Waals surface area contributed by atoms with Gasteiger partial charge >= 0.3 is 0 Å². The van der Waals surface area contributed by atoms with Crippen LogP contribution in [-0.2, 0) is 6.54 Å². The molecule has 6 heteroatoms. The summed E-state index contributed by atoms with van der Waals surface area (Å²) in [6, 6.07) is 8.10. The van der Waals surface area contributed by atoms with Crippen molar-refractivity contribution in [3.05, 3.63) is 46.8 Å². The molecule has 0 aliphatic heterocycles. The van der Waals surface area contributed by atoms with Gasteiger partial charge in [-0.1, -0.05) is 13.8 Å². The third kappa shape index (κ3) is 5.26. The monoisotopic (exact) mass is 355 g/mol. The molecule has 26 heavy (non-hydrogen) atoms. The van der Waals surface area contributed by atoms with Crippen LogP contribution in [0.2, 0.25) is 0 Å². The molecule has 0 atom stereocenters. The third-order valence-corrected chi connectivity index (χ3v) is 4.29. The number of nitrogens with zero attached hydrogens (tertiary/aromatic N) is 4. The van der Waals surface area contributed by atoms with E-state index < -0.39 is 0 Å². The molecule has 6 nitrogen and oxygen atoms in total. The Balaban J connectivity index is 2.23. The molecule has 2 aromatic rings. The quantitative estimate of drug-likeness (QED) is 0.577. The minimum absolute atomic E-state index is 0.513. The summed E-state index contributed by atoms with van der Waals surface area (Å²) in [5, 5.41) is 4.45. The molecule has 1 aromatic heterocycles. The van der Waals surface area contributed by atoms with Gasteiger partial charge in [-0.3, -0.25) is 4.90 Å². The number of ether oxygens (including phenoxy) is 1. The van der Waals surface area contributed by atoms with Gasteiger partial charge in [0.2, 0.25) is 5.95 Å². The number of aryl methyl sites for hydroxylation is 2. The van der Waals surface area contributed by atoms with E-state index in [-0.39, 0.29) is 0 Å². The zero-order valence-electron chi connectivity index (χ0n) is 16.6. The predicted molar refractivity (Wildman–Crippen MR) is 107 cm³/mol. The Kier molecular flexibility index (Phi) is 7.09. The van der Waals surface area contributed by atoms with Gasteiger partial charge in [-0.15, -0.1) is 0 Å². The Morgan fingerprint density at radius 3 is 2.35 bits per heavy atom. The van der Waals surface area contributed by atoms with E-state index in [9.17, 15) is 0 Å². The molecule has 0 radical (unpaired) electrons. The lowest BCUT2D eigenvalue weighted by molar-refractivity contribution is 0.289. The van der Waals surface area contributed by atoms with Crippen LogP contribution in [0.3, 0.4) is 0 Å². The van der Waals surface area contributed by atoms with E-state index in [1.807, 2.05) is 39.0 Å². The molecule has 0 amide bonds. The first-order chi connectivity index (χ1) is 12.5. The molecule has 0 aliphatic rings. The van der Waals surface area contributed by atoms with E-state index in [1.165, 1.54) is 0 Å². The standard InChI is InChI=1S/C20H29N5O/c1-7-25(8-2)13-18-12-17(9-10-19(18)26-6)16(5)23-24-20-21-14(3)11-15(4)22-20/h9-12H,7-8,13H2,1-6H3,(H,21,22,24)/b23-16-. The fourth-order valence-corrected chi connectivity index (χ4v) is 2.79. The van der Waals surface area contributed by atoms with Crippen molar-refractivity contribution in [1.29, 1.82) is 0 Å². The van der Waals surface area contributed by atoms with Gasteiger partial charge in [0.05, 0.1) is 12.8 Å². The van der Waals surface area contributed by atoms with Gasteiger partial charge in [-0.2, -0.15) is 5.10 Å². The van der Waals surface area contributed by atoms with Crippen LogP contribution >= 0.6 is 0 Å². The molecule has 1 aromatic carbocycles. The minimum atomic E-state index is 0.513. The maximum absolute atomic E-state index is 5.52. The molecule has 2 rings (SSSR count). The summed E-state index contributed by atoms with van der Waals surface area (Å²) in [5.74, 6) is 1.41. The van der Waals surface area contributed by atoms with Gasteiger partial charge < -0.3 is 4.74 Å². The summed E-state index contributed by atoms with van der Waals surface area (Å²) in [4.78, 5) is 11.1. The second-order valence-electron chi connectivity index (χ2n) is 6.27. The van der Waals surface area contributed by atoms with Crippen LogP contribution in [-0.4, -0.2) is 40.8 Å². The smallest absolute Gasteiger partial charge is 0.243 e. The zero-order chi connectivity index (χ0) is 19.1. The second kappa shape index (κ2) is 9.29. The summed E-state index contributed by atoms with van der Waals surface area (Å²) in [6.07, 6.45) is 0. The Bertz CT molecular complexity index is 749. The van der Waals surface area contributed by atoms with Gasteiger partial charge in [0.15, 0.2) is 0 Å². The summed E-state index contributed by atoms with van der Waals surface area (Å²) >= 11 is 0. The van der Waals surface area contributed by atoms with E-state index in [0.29, 0.717) is 5.95 Å². The molecule has 0 bridgehead atoms. The highest BCUT2D eigenvalue weighted by molar-refractivity contribution is 5.99. The summed E-state index contributed by atoms with van der Waals surface area (Å²) in [5.41, 5.74) is 7.87. The lowest BCUT2D eigenvalue weighted by atomic mass is 10.1. The Morgan fingerprint density at radius 2 is 1.77 bits per heavy atom. The number of nitrogens with one attached hydrogen (secondary N) is 1. The van der Waals surface area contributed by atoms with Crippen molar-refractivity contribution in [3.63, 3.8) is 0 Å². The van der Waals surface area contributed by atoms with Crippen LogP contribution < -0.4 is 10.2 Å². The fourth-order valence-electron chi connectivity index (χ4n) is 2.79. The van der Waals surface area contributed by atoms with Crippen LogP contribution in [0.1, 0.15) is 43.3 Å². The van der Waals surface area contributed by atoms with E-state index in [2.05, 4.69) is 45.3 Å². The largest absolute Gasteiger partial charge is 0.496 e. The van der Waals surface area contributed by atoms with Crippen LogP contribution in [0, 0.1) is 13.8 Å². The number of hydrogen-bond acceptors (Lipinski definition) is 6. The maximum Gasteiger partial charge on any atom is 0.243 e. The van der Waals surface area contributed by atoms with Crippen molar-refractivity contribution in [2.75, 3.05) is 25.6 Å². The first-order valence-corrected chi connectivity index (χ1v) is 8.99. The van der Waals surface area contributed by atoms with Crippen molar-refractivity contribution in [2.45, 2.75) is 41.2 Å². The Morgan fingerprint density at radius 1 is 1.12 bits per heavy atom. The molecule has 1 heterocycles. The molecule has 140 valence electrons. The Hall–Kier alpha value is -2.47. The topological polar surface area (TPSA) is 62.6 Å². The van der Waals surface area contributed by atoms with Crippen molar-refractivity contribution >= 4 is 11.7 Å². The number of hydrazone groups is 1. The predicted octanol–water partition coefficient (Wildman–Crippen LogP) is 3.78. The van der Waals surface area contributed by atoms with Gasteiger partial charge in [-0.25, -0.2) is 15.4 Å². The number of methoxy groups -OCH3 is 1. The summed E-state index contributed by atoms with van der Waals surface area (Å²) < 4.78 is 5.52. The van der Waals surface area contributed by atoms with Crippen LogP contribution in [0.5, 0.6) is 5.75 Å². The van der Waals surface area contributed by atoms with Crippen LogP contribution in [0.4, 0.5) is 5.95 Å². The highest BCUT2D eigenvalue weighted by Crippen LogP contribution is 2.22. The number of benzene rings is 1. The van der Waals surface area contributed by atoms with Crippen molar-refractivity contribution in [2.24, 2.45) is 5.10 Å². The van der Waals surface area contributed by atoms with E-state index in [4.69, 9.17) is 4.74 Å². The molecule has 0 unspecified atom stereocenters. The average molecular weight is 355 g/mol. The first kappa shape index (κ1) is 19.8. The lowest BCUT2D eigenvalue weighted by Gasteiger charge is -2.20. The average Bonchev–Trinajstić information content (AvgIpc) is 2.63. The van der Waals surface area contributed by atoms with Crippen LogP contribution in [0.15, 0.2) is 29.4 Å². The normalized spacial score (nSPS) is 11.7. The van der Waals surface area contributed by atoms with Crippen molar-refractivity contribution < 1.29 is 4.74 Å². The maximum atomic E-state index is 5.52.